The summed E-state index contributed by atoms with van der Waals surface area (Å²) in [5.41, 5.74) is -0.265. The Morgan fingerprint density at radius 3 is 2.67 bits per heavy atom. The molecule has 0 aromatic carbocycles. The normalized spacial score (nSPS) is 32.8. The molecule has 0 N–H and O–H groups in total. The lowest BCUT2D eigenvalue weighted by Crippen LogP contribution is -2.52. The van der Waals surface area contributed by atoms with Crippen LogP contribution >= 0.6 is 0 Å². The number of hydrogen-bond donors (Lipinski definition) is 0. The van der Waals surface area contributed by atoms with Gasteiger partial charge in [-0.25, -0.2) is 4.79 Å². The number of rotatable bonds is 1. The lowest BCUT2D eigenvalue weighted by molar-refractivity contribution is -0.168. The predicted molar refractivity (Wildman–Crippen MR) is 66.9 cm³/mol. The van der Waals surface area contributed by atoms with Crippen LogP contribution < -0.4 is 0 Å². The first-order valence-corrected chi connectivity index (χ1v) is 6.36. The van der Waals surface area contributed by atoms with Crippen molar-refractivity contribution in [3.63, 3.8) is 0 Å². The van der Waals surface area contributed by atoms with Crippen LogP contribution in [0.2, 0.25) is 0 Å². The second-order valence-electron chi connectivity index (χ2n) is 6.48. The van der Waals surface area contributed by atoms with Crippen molar-refractivity contribution in [1.82, 2.24) is 0 Å². The summed E-state index contributed by atoms with van der Waals surface area (Å²) < 4.78 is 16.4. The fourth-order valence-electron chi connectivity index (χ4n) is 2.77. The lowest BCUT2D eigenvalue weighted by atomic mass is 9.71. The van der Waals surface area contributed by atoms with Gasteiger partial charge in [-0.2, -0.15) is 0 Å². The van der Waals surface area contributed by atoms with Crippen LogP contribution in [0.15, 0.2) is 11.8 Å². The monoisotopic (exact) mass is 254 g/mol. The van der Waals surface area contributed by atoms with Crippen LogP contribution in [0, 0.1) is 11.3 Å². The predicted octanol–water partition coefficient (Wildman–Crippen LogP) is 2.28. The van der Waals surface area contributed by atoms with Crippen LogP contribution in [0.3, 0.4) is 0 Å². The average Bonchev–Trinajstić information content (AvgIpc) is 2.27. The molecule has 0 spiro atoms. The maximum Gasteiger partial charge on any atom is 0.373 e. The molecular formula is C14H22O4. The molecule has 0 aromatic rings. The summed E-state index contributed by atoms with van der Waals surface area (Å²) in [5.74, 6) is 0.0908. The zero-order chi connectivity index (χ0) is 13.6. The van der Waals surface area contributed by atoms with Crippen LogP contribution in [-0.4, -0.2) is 31.4 Å². The van der Waals surface area contributed by atoms with Crippen molar-refractivity contribution in [3.8, 4) is 0 Å². The third-order valence-electron chi connectivity index (χ3n) is 3.80. The Hall–Kier alpha value is -1.03. The summed E-state index contributed by atoms with van der Waals surface area (Å²) >= 11 is 0. The summed E-state index contributed by atoms with van der Waals surface area (Å²) in [6.45, 7) is 9.10. The SMILES string of the molecule is COC(=O)C1=C[C@@H]2OCC(C)(C)C[C@H]2C(C)(C)O1. The van der Waals surface area contributed by atoms with Gasteiger partial charge in [0.15, 0.2) is 0 Å². The maximum absolute atomic E-state index is 11.6. The second kappa shape index (κ2) is 4.26. The molecule has 0 aromatic heterocycles. The topological polar surface area (TPSA) is 44.8 Å². The van der Waals surface area contributed by atoms with Gasteiger partial charge in [-0.05, 0) is 31.8 Å². The quantitative estimate of drug-likeness (QED) is 0.673. The molecule has 4 nitrogen and oxygen atoms in total. The van der Waals surface area contributed by atoms with Gasteiger partial charge in [-0.1, -0.05) is 13.8 Å². The van der Waals surface area contributed by atoms with Crippen molar-refractivity contribution in [1.29, 1.82) is 0 Å². The summed E-state index contributed by atoms with van der Waals surface area (Å²) in [6.07, 6.45) is 2.72. The first kappa shape index (κ1) is 13.4. The molecule has 0 radical (unpaired) electrons. The molecule has 0 unspecified atom stereocenters. The van der Waals surface area contributed by atoms with E-state index in [0.29, 0.717) is 6.61 Å². The highest BCUT2D eigenvalue weighted by Crippen LogP contribution is 2.45. The van der Waals surface area contributed by atoms with E-state index in [-0.39, 0.29) is 23.2 Å². The van der Waals surface area contributed by atoms with E-state index in [2.05, 4.69) is 13.8 Å². The first-order valence-electron chi connectivity index (χ1n) is 6.36. The maximum atomic E-state index is 11.6. The third kappa shape index (κ3) is 2.39. The second-order valence-corrected chi connectivity index (χ2v) is 6.48. The third-order valence-corrected chi connectivity index (χ3v) is 3.80. The number of carbonyl (C=O) groups is 1. The van der Waals surface area contributed by atoms with Crippen LogP contribution in [-0.2, 0) is 19.0 Å². The molecule has 1 saturated heterocycles. The molecular weight excluding hydrogens is 232 g/mol. The highest BCUT2D eigenvalue weighted by atomic mass is 16.6. The fraction of sp³-hybridized carbons (Fsp3) is 0.786. The summed E-state index contributed by atoms with van der Waals surface area (Å²) in [4.78, 5) is 11.6. The largest absolute Gasteiger partial charge is 0.480 e. The van der Waals surface area contributed by atoms with Gasteiger partial charge >= 0.3 is 5.97 Å². The van der Waals surface area contributed by atoms with E-state index >= 15 is 0 Å². The Bertz CT molecular complexity index is 381. The van der Waals surface area contributed by atoms with Gasteiger partial charge < -0.3 is 14.2 Å². The minimum atomic E-state index is -0.435. The summed E-state index contributed by atoms with van der Waals surface area (Å²) in [7, 11) is 1.36. The highest BCUT2D eigenvalue weighted by molar-refractivity contribution is 5.86. The fourth-order valence-corrected chi connectivity index (χ4v) is 2.77. The Morgan fingerprint density at radius 2 is 2.06 bits per heavy atom. The Morgan fingerprint density at radius 1 is 1.39 bits per heavy atom. The molecule has 2 aliphatic rings. The van der Waals surface area contributed by atoms with Crippen molar-refractivity contribution in [2.24, 2.45) is 11.3 Å². The van der Waals surface area contributed by atoms with Crippen LogP contribution in [0.4, 0.5) is 0 Å². The van der Waals surface area contributed by atoms with Gasteiger partial charge in [0.1, 0.15) is 5.60 Å². The molecule has 1 fully saturated rings. The highest BCUT2D eigenvalue weighted by Gasteiger charge is 2.48. The van der Waals surface area contributed by atoms with Crippen molar-refractivity contribution in [2.75, 3.05) is 13.7 Å². The zero-order valence-corrected chi connectivity index (χ0v) is 11.8. The van der Waals surface area contributed by atoms with Crippen molar-refractivity contribution in [2.45, 2.75) is 45.8 Å². The van der Waals surface area contributed by atoms with E-state index < -0.39 is 11.6 Å². The van der Waals surface area contributed by atoms with Gasteiger partial charge in [0.05, 0.1) is 19.8 Å². The number of hydrogen-bond acceptors (Lipinski definition) is 4. The van der Waals surface area contributed by atoms with Crippen LogP contribution in [0.25, 0.3) is 0 Å². The van der Waals surface area contributed by atoms with E-state index in [4.69, 9.17) is 14.2 Å². The Labute approximate surface area is 108 Å². The number of fused-ring (bicyclic) bond motifs is 1. The van der Waals surface area contributed by atoms with Crippen LogP contribution in [0.1, 0.15) is 34.1 Å². The number of esters is 1. The molecule has 2 rings (SSSR count). The molecule has 4 heteroatoms. The van der Waals surface area contributed by atoms with E-state index in [1.54, 1.807) is 6.08 Å². The first-order chi connectivity index (χ1) is 8.25. The Balaban J connectivity index is 2.27. The van der Waals surface area contributed by atoms with Gasteiger partial charge in [0.2, 0.25) is 5.76 Å². The molecule has 0 saturated carbocycles. The number of ether oxygens (including phenoxy) is 3. The molecule has 0 aliphatic carbocycles. The van der Waals surface area contributed by atoms with E-state index in [1.165, 1.54) is 7.11 Å². The van der Waals surface area contributed by atoms with E-state index in [1.807, 2.05) is 13.8 Å². The van der Waals surface area contributed by atoms with Crippen molar-refractivity contribution in [3.05, 3.63) is 11.8 Å². The lowest BCUT2D eigenvalue weighted by Gasteiger charge is -2.49. The van der Waals surface area contributed by atoms with E-state index in [9.17, 15) is 4.79 Å². The molecule has 2 atom stereocenters. The van der Waals surface area contributed by atoms with E-state index in [0.717, 1.165) is 6.42 Å². The van der Waals surface area contributed by atoms with Crippen molar-refractivity contribution >= 4 is 5.97 Å². The molecule has 0 bridgehead atoms. The number of carbonyl (C=O) groups excluding carboxylic acids is 1. The van der Waals surface area contributed by atoms with Gasteiger partial charge in [0, 0.05) is 5.92 Å². The van der Waals surface area contributed by atoms with Crippen LogP contribution in [0.5, 0.6) is 0 Å². The number of methoxy groups -OCH3 is 1. The minimum absolute atomic E-state index is 0.0594. The Kier molecular flexibility index (Phi) is 3.18. The smallest absolute Gasteiger partial charge is 0.373 e. The minimum Gasteiger partial charge on any atom is -0.480 e. The zero-order valence-electron chi connectivity index (χ0n) is 11.8. The molecule has 102 valence electrons. The molecule has 0 amide bonds. The molecule has 2 aliphatic heterocycles. The summed E-state index contributed by atoms with van der Waals surface area (Å²) in [6, 6.07) is 0. The van der Waals surface area contributed by atoms with Gasteiger partial charge in [-0.15, -0.1) is 0 Å². The van der Waals surface area contributed by atoms with Gasteiger partial charge in [0.25, 0.3) is 0 Å². The molecule has 18 heavy (non-hydrogen) atoms. The molecule has 2 heterocycles. The van der Waals surface area contributed by atoms with Crippen molar-refractivity contribution < 1.29 is 19.0 Å². The standard InChI is InChI=1S/C14H22O4/c1-13(2)7-9-10(17-8-13)6-11(12(15)16-5)18-14(9,3)4/h6,9-10H,7-8H2,1-5H3/t9-,10+/m1/s1. The summed E-state index contributed by atoms with van der Waals surface area (Å²) in [5, 5.41) is 0. The van der Waals surface area contributed by atoms with Gasteiger partial charge in [-0.3, -0.25) is 0 Å². The average molecular weight is 254 g/mol.